The molecule has 1 aromatic carbocycles. The van der Waals surface area contributed by atoms with Crippen LogP contribution in [0.3, 0.4) is 0 Å². The van der Waals surface area contributed by atoms with E-state index in [0.29, 0.717) is 18.1 Å². The number of rotatable bonds is 6. The lowest BCUT2D eigenvalue weighted by Crippen LogP contribution is -2.26. The number of anilines is 1. The molecule has 1 amide bonds. The zero-order chi connectivity index (χ0) is 19.3. The number of amides is 1. The maximum Gasteiger partial charge on any atom is 0.254 e. The number of carbonyl (C=O) groups excluding carboxylic acids is 1. The highest BCUT2D eigenvalue weighted by Gasteiger charge is 2.16. The fraction of sp³-hybridized carbons (Fsp3) is 0.318. The Bertz CT molecular complexity index is 917. The summed E-state index contributed by atoms with van der Waals surface area (Å²) in [5.41, 5.74) is 5.72. The number of hydrogen-bond acceptors (Lipinski definition) is 5. The predicted molar refractivity (Wildman–Crippen MR) is 110 cm³/mol. The molecular weight excluding hydrogens is 350 g/mol. The smallest absolute Gasteiger partial charge is 0.254 e. The van der Waals surface area contributed by atoms with Gasteiger partial charge < -0.3 is 15.5 Å². The lowest BCUT2D eigenvalue weighted by atomic mass is 10.00. The van der Waals surface area contributed by atoms with Crippen LogP contribution in [0.2, 0.25) is 0 Å². The second-order valence-electron chi connectivity index (χ2n) is 7.05. The van der Waals surface area contributed by atoms with Crippen LogP contribution >= 0.6 is 0 Å². The molecule has 2 aliphatic rings. The summed E-state index contributed by atoms with van der Waals surface area (Å²) < 4.78 is 0. The van der Waals surface area contributed by atoms with Crippen molar-refractivity contribution in [3.63, 3.8) is 0 Å². The number of hydrogen-bond donors (Lipinski definition) is 2. The van der Waals surface area contributed by atoms with Gasteiger partial charge in [0.1, 0.15) is 0 Å². The Morgan fingerprint density at radius 2 is 1.89 bits per heavy atom. The minimum atomic E-state index is -0.159. The highest BCUT2D eigenvalue weighted by Crippen LogP contribution is 2.22. The van der Waals surface area contributed by atoms with Crippen LogP contribution in [0.5, 0.6) is 0 Å². The first-order chi connectivity index (χ1) is 13.7. The second kappa shape index (κ2) is 8.25. The molecule has 6 heteroatoms. The zero-order valence-electron chi connectivity index (χ0n) is 16.1. The normalized spacial score (nSPS) is 15.2. The van der Waals surface area contributed by atoms with E-state index in [-0.39, 0.29) is 5.91 Å². The van der Waals surface area contributed by atoms with Gasteiger partial charge in [-0.1, -0.05) is 24.3 Å². The maximum atomic E-state index is 12.4. The molecule has 0 saturated carbocycles. The number of carbonyl (C=O) groups is 1. The van der Waals surface area contributed by atoms with Gasteiger partial charge in [0.05, 0.1) is 5.56 Å². The van der Waals surface area contributed by atoms with Crippen LogP contribution in [0.1, 0.15) is 34.0 Å². The third-order valence-corrected chi connectivity index (χ3v) is 5.17. The van der Waals surface area contributed by atoms with Crippen molar-refractivity contribution in [2.45, 2.75) is 26.3 Å². The summed E-state index contributed by atoms with van der Waals surface area (Å²) in [5, 5.41) is 5.98. The summed E-state index contributed by atoms with van der Waals surface area (Å²) in [6.07, 6.45) is 11.6. The van der Waals surface area contributed by atoms with Crippen molar-refractivity contribution in [2.75, 3.05) is 25.0 Å². The molecule has 6 nitrogen and oxygen atoms in total. The summed E-state index contributed by atoms with van der Waals surface area (Å²) >= 11 is 0. The topological polar surface area (TPSA) is 70.2 Å². The molecule has 144 valence electrons. The van der Waals surface area contributed by atoms with Crippen LogP contribution in [0.15, 0.2) is 54.5 Å². The van der Waals surface area contributed by atoms with Gasteiger partial charge in [-0.05, 0) is 48.6 Å². The minimum absolute atomic E-state index is 0.159. The van der Waals surface area contributed by atoms with Gasteiger partial charge in [-0.2, -0.15) is 0 Å². The number of nitrogens with zero attached hydrogens (tertiary/aromatic N) is 3. The number of aromatic nitrogens is 2. The summed E-state index contributed by atoms with van der Waals surface area (Å²) in [7, 11) is 0. The van der Waals surface area contributed by atoms with Gasteiger partial charge in [-0.15, -0.1) is 0 Å². The van der Waals surface area contributed by atoms with Gasteiger partial charge in [0.15, 0.2) is 0 Å². The average molecular weight is 375 g/mol. The van der Waals surface area contributed by atoms with E-state index in [4.69, 9.17) is 0 Å². The Labute approximate surface area is 165 Å². The van der Waals surface area contributed by atoms with E-state index in [1.54, 1.807) is 12.4 Å². The van der Waals surface area contributed by atoms with Crippen LogP contribution in [-0.2, 0) is 19.4 Å². The van der Waals surface area contributed by atoms with E-state index in [0.717, 1.165) is 38.0 Å². The third-order valence-electron chi connectivity index (χ3n) is 5.17. The third kappa shape index (κ3) is 4.06. The van der Waals surface area contributed by atoms with Crippen LogP contribution in [0.4, 0.5) is 5.95 Å². The van der Waals surface area contributed by atoms with E-state index in [1.807, 2.05) is 6.92 Å². The highest BCUT2D eigenvalue weighted by atomic mass is 16.1. The fourth-order valence-electron chi connectivity index (χ4n) is 3.52. The van der Waals surface area contributed by atoms with Crippen molar-refractivity contribution in [1.82, 2.24) is 20.2 Å². The highest BCUT2D eigenvalue weighted by molar-refractivity contribution is 5.93. The molecule has 1 aliphatic carbocycles. The number of allylic oxidation sites excluding steroid dienone is 3. The summed E-state index contributed by atoms with van der Waals surface area (Å²) in [5.74, 6) is 0.375. The molecule has 2 N–H and O–H groups in total. The van der Waals surface area contributed by atoms with Crippen LogP contribution in [0.25, 0.3) is 0 Å². The van der Waals surface area contributed by atoms with Crippen LogP contribution < -0.4 is 10.6 Å². The van der Waals surface area contributed by atoms with E-state index in [1.165, 1.54) is 16.8 Å². The fourth-order valence-corrected chi connectivity index (χ4v) is 3.52. The summed E-state index contributed by atoms with van der Waals surface area (Å²) in [6, 6.07) is 6.55. The predicted octanol–water partition coefficient (Wildman–Crippen LogP) is 2.69. The number of fused-ring (bicyclic) bond motifs is 1. The van der Waals surface area contributed by atoms with Gasteiger partial charge in [-0.3, -0.25) is 4.79 Å². The first-order valence-electron chi connectivity index (χ1n) is 9.81. The van der Waals surface area contributed by atoms with Gasteiger partial charge in [-0.25, -0.2) is 9.97 Å². The molecule has 0 saturated heterocycles. The van der Waals surface area contributed by atoms with Gasteiger partial charge in [0.2, 0.25) is 5.95 Å². The first-order valence-corrected chi connectivity index (χ1v) is 9.81. The quantitative estimate of drug-likeness (QED) is 0.812. The standard InChI is InChI=1S/C22H25N5O/c1-2-23-22-25-14-19(15-26-22)21(28)24-13-16-6-7-17-8-10-27(20-4-3-5-20)11-9-18(17)12-16/h3-7,12,14-15H,2,8-11,13H2,1H3,(H,24,28)(H,23,25,26). The summed E-state index contributed by atoms with van der Waals surface area (Å²) in [4.78, 5) is 23.1. The molecular formula is C22H25N5O. The minimum Gasteiger partial charge on any atom is -0.371 e. The Morgan fingerprint density at radius 1 is 1.14 bits per heavy atom. The monoisotopic (exact) mass is 375 g/mol. The second-order valence-corrected chi connectivity index (χ2v) is 7.05. The molecule has 0 spiro atoms. The van der Waals surface area contributed by atoms with Gasteiger partial charge in [0.25, 0.3) is 5.91 Å². The van der Waals surface area contributed by atoms with Crippen LogP contribution in [0, 0.1) is 0 Å². The molecule has 0 radical (unpaired) electrons. The van der Waals surface area contributed by atoms with Crippen molar-refractivity contribution >= 4 is 11.9 Å². The molecule has 1 aliphatic heterocycles. The van der Waals surface area contributed by atoms with Crippen molar-refractivity contribution in [1.29, 1.82) is 0 Å². The Balaban J connectivity index is 1.35. The van der Waals surface area contributed by atoms with Gasteiger partial charge >= 0.3 is 0 Å². The molecule has 2 heterocycles. The molecule has 28 heavy (non-hydrogen) atoms. The molecule has 0 fully saturated rings. The Hall–Kier alpha value is -3.15. The molecule has 2 aromatic rings. The Morgan fingerprint density at radius 3 is 2.57 bits per heavy atom. The maximum absolute atomic E-state index is 12.4. The Kier molecular flexibility index (Phi) is 5.37. The van der Waals surface area contributed by atoms with Crippen molar-refractivity contribution in [2.24, 2.45) is 0 Å². The molecule has 1 aromatic heterocycles. The average Bonchev–Trinajstić information content (AvgIpc) is 2.88. The van der Waals surface area contributed by atoms with Crippen molar-refractivity contribution in [3.05, 3.63) is 76.8 Å². The summed E-state index contributed by atoms with van der Waals surface area (Å²) in [6.45, 7) is 5.31. The first kappa shape index (κ1) is 18.2. The molecule has 4 rings (SSSR count). The largest absolute Gasteiger partial charge is 0.371 e. The SMILES string of the molecule is CCNc1ncc(C(=O)NCc2ccc3c(c2)CCN(C2=CC=C2)CC3)cn1. The number of nitrogens with one attached hydrogen (secondary N) is 2. The molecule has 0 unspecified atom stereocenters. The van der Waals surface area contributed by atoms with E-state index in [9.17, 15) is 4.79 Å². The molecule has 0 atom stereocenters. The lowest BCUT2D eigenvalue weighted by molar-refractivity contribution is 0.0950. The van der Waals surface area contributed by atoms with Gasteiger partial charge in [0, 0.05) is 44.3 Å². The lowest BCUT2D eigenvalue weighted by Gasteiger charge is -2.26. The number of benzene rings is 1. The molecule has 0 bridgehead atoms. The van der Waals surface area contributed by atoms with E-state index >= 15 is 0 Å². The van der Waals surface area contributed by atoms with Crippen LogP contribution in [-0.4, -0.2) is 40.4 Å². The van der Waals surface area contributed by atoms with Crippen molar-refractivity contribution < 1.29 is 4.79 Å². The zero-order valence-corrected chi connectivity index (χ0v) is 16.1. The van der Waals surface area contributed by atoms with Crippen molar-refractivity contribution in [3.8, 4) is 0 Å². The van der Waals surface area contributed by atoms with E-state index in [2.05, 4.69) is 61.9 Å². The van der Waals surface area contributed by atoms with E-state index < -0.39 is 0 Å².